The van der Waals surface area contributed by atoms with E-state index in [1.54, 1.807) is 6.92 Å². The second kappa shape index (κ2) is 2.13. The molecule has 3 heteroatoms. The van der Waals surface area contributed by atoms with Crippen LogP contribution in [0.2, 0.25) is 0 Å². The number of carboxylic acids is 1. The van der Waals surface area contributed by atoms with Crippen molar-refractivity contribution in [3.8, 4) is 0 Å². The second-order valence-corrected chi connectivity index (χ2v) is 1.91. The Hall–Kier alpha value is -0.570. The minimum Gasteiger partial charge on any atom is -0.547 e. The van der Waals surface area contributed by atoms with Crippen molar-refractivity contribution in [2.24, 2.45) is 0 Å². The van der Waals surface area contributed by atoms with Crippen LogP contribution in [-0.2, 0) is 4.79 Å². The van der Waals surface area contributed by atoms with Gasteiger partial charge in [-0.05, 0) is 13.3 Å². The molecule has 0 aromatic heterocycles. The topological polar surface area (TPSA) is 60.4 Å². The van der Waals surface area contributed by atoms with Gasteiger partial charge in [-0.1, -0.05) is 6.92 Å². The van der Waals surface area contributed by atoms with E-state index in [4.69, 9.17) is 5.11 Å². The zero-order valence-electron chi connectivity index (χ0n) is 4.97. The normalized spacial score (nSPS) is 17.4. The van der Waals surface area contributed by atoms with Crippen molar-refractivity contribution in [2.75, 3.05) is 0 Å². The van der Waals surface area contributed by atoms with E-state index in [9.17, 15) is 9.90 Å². The van der Waals surface area contributed by atoms with Crippen LogP contribution in [0.1, 0.15) is 20.3 Å². The Labute approximate surface area is 47.9 Å². The summed E-state index contributed by atoms with van der Waals surface area (Å²) in [7, 11) is 0. The third-order valence-corrected chi connectivity index (χ3v) is 1.13. The molecule has 0 fully saturated rings. The van der Waals surface area contributed by atoms with Crippen molar-refractivity contribution < 1.29 is 15.0 Å². The lowest BCUT2D eigenvalue weighted by Gasteiger charge is -2.21. The first-order chi connectivity index (χ1) is 3.50. The zero-order chi connectivity index (χ0) is 6.78. The largest absolute Gasteiger partial charge is 0.547 e. The Bertz CT molecular complexity index is 95.8. The molecule has 3 nitrogen and oxygen atoms in total. The lowest BCUT2D eigenvalue weighted by Crippen LogP contribution is -2.45. The maximum Gasteiger partial charge on any atom is 0.101 e. The summed E-state index contributed by atoms with van der Waals surface area (Å²) in [5.41, 5.74) is -1.65. The molecule has 0 heterocycles. The number of carbonyl (C=O) groups excluding carboxylic acids is 1. The molecular formula is C5H9O3-. The standard InChI is InChI=1S/C5H10O3/c1-3-5(2,8)4(6)7/h8H,3H2,1-2H3,(H,6,7)/p-1/t5-/m0/s1. The quantitative estimate of drug-likeness (QED) is 0.499. The number of rotatable bonds is 2. The van der Waals surface area contributed by atoms with Crippen molar-refractivity contribution in [3.63, 3.8) is 0 Å². The monoisotopic (exact) mass is 117 g/mol. The highest BCUT2D eigenvalue weighted by atomic mass is 16.4. The van der Waals surface area contributed by atoms with Crippen molar-refractivity contribution in [1.82, 2.24) is 0 Å². The van der Waals surface area contributed by atoms with Crippen LogP contribution in [-0.4, -0.2) is 16.7 Å². The summed E-state index contributed by atoms with van der Waals surface area (Å²) in [5, 5.41) is 18.6. The third-order valence-electron chi connectivity index (χ3n) is 1.13. The van der Waals surface area contributed by atoms with Crippen LogP contribution in [0.3, 0.4) is 0 Å². The summed E-state index contributed by atoms with van der Waals surface area (Å²) in [6.45, 7) is 2.79. The van der Waals surface area contributed by atoms with Crippen molar-refractivity contribution in [1.29, 1.82) is 0 Å². The molecule has 48 valence electrons. The van der Waals surface area contributed by atoms with Crippen LogP contribution >= 0.6 is 0 Å². The minimum absolute atomic E-state index is 0.176. The summed E-state index contributed by atoms with van der Waals surface area (Å²) in [6, 6.07) is 0. The van der Waals surface area contributed by atoms with Gasteiger partial charge in [-0.3, -0.25) is 0 Å². The van der Waals surface area contributed by atoms with Crippen LogP contribution in [0, 0.1) is 0 Å². The second-order valence-electron chi connectivity index (χ2n) is 1.91. The lowest BCUT2D eigenvalue weighted by atomic mass is 10.1. The molecule has 0 bridgehead atoms. The first-order valence-electron chi connectivity index (χ1n) is 2.44. The molecule has 8 heavy (non-hydrogen) atoms. The van der Waals surface area contributed by atoms with Crippen LogP contribution in [0.5, 0.6) is 0 Å². The molecule has 0 aliphatic carbocycles. The summed E-state index contributed by atoms with van der Waals surface area (Å²) in [5.74, 6) is -1.42. The Morgan fingerprint density at radius 3 is 2.25 bits per heavy atom. The molecule has 0 unspecified atom stereocenters. The van der Waals surface area contributed by atoms with Gasteiger partial charge in [0.05, 0.1) is 5.97 Å². The van der Waals surface area contributed by atoms with Crippen molar-refractivity contribution in [2.45, 2.75) is 25.9 Å². The molecule has 0 spiro atoms. The number of hydrogen-bond acceptors (Lipinski definition) is 3. The minimum atomic E-state index is -1.65. The van der Waals surface area contributed by atoms with E-state index >= 15 is 0 Å². The fourth-order valence-corrected chi connectivity index (χ4v) is 0.144. The van der Waals surface area contributed by atoms with Crippen LogP contribution in [0.25, 0.3) is 0 Å². The molecule has 0 aliphatic heterocycles. The van der Waals surface area contributed by atoms with Gasteiger partial charge in [0.25, 0.3) is 0 Å². The molecule has 1 N–H and O–H groups in total. The number of hydrogen-bond donors (Lipinski definition) is 1. The van der Waals surface area contributed by atoms with Crippen LogP contribution in [0.15, 0.2) is 0 Å². The Kier molecular flexibility index (Phi) is 1.98. The van der Waals surface area contributed by atoms with E-state index in [0.717, 1.165) is 0 Å². The van der Waals surface area contributed by atoms with Gasteiger partial charge in [-0.2, -0.15) is 0 Å². The highest BCUT2D eigenvalue weighted by Crippen LogP contribution is 2.04. The number of carbonyl (C=O) groups is 1. The maximum absolute atomic E-state index is 9.89. The SMILES string of the molecule is CC[C@](C)(O)C(=O)[O-]. The summed E-state index contributed by atoms with van der Waals surface area (Å²) in [6.07, 6.45) is 0.176. The Balaban J connectivity index is 3.91. The van der Waals surface area contributed by atoms with Gasteiger partial charge in [-0.15, -0.1) is 0 Å². The van der Waals surface area contributed by atoms with Gasteiger partial charge < -0.3 is 15.0 Å². The summed E-state index contributed by atoms with van der Waals surface area (Å²) < 4.78 is 0. The maximum atomic E-state index is 9.89. The third kappa shape index (κ3) is 1.50. The molecule has 0 aromatic carbocycles. The Morgan fingerprint density at radius 2 is 2.25 bits per heavy atom. The molecule has 0 saturated carbocycles. The fraction of sp³-hybridized carbons (Fsp3) is 0.800. The number of aliphatic hydroxyl groups is 1. The number of carboxylic acid groups (broad SMARTS) is 1. The van der Waals surface area contributed by atoms with E-state index in [-0.39, 0.29) is 6.42 Å². The van der Waals surface area contributed by atoms with Crippen LogP contribution < -0.4 is 5.11 Å². The first kappa shape index (κ1) is 7.43. The average molecular weight is 117 g/mol. The summed E-state index contributed by atoms with van der Waals surface area (Å²) >= 11 is 0. The van der Waals surface area contributed by atoms with Gasteiger partial charge in [0, 0.05) is 0 Å². The molecule has 0 saturated heterocycles. The van der Waals surface area contributed by atoms with Crippen molar-refractivity contribution in [3.05, 3.63) is 0 Å². The smallest absolute Gasteiger partial charge is 0.101 e. The highest BCUT2D eigenvalue weighted by molar-refractivity contribution is 5.74. The van der Waals surface area contributed by atoms with E-state index in [1.807, 2.05) is 0 Å². The summed E-state index contributed by atoms with van der Waals surface area (Å²) in [4.78, 5) is 9.89. The average Bonchev–Trinajstić information content (AvgIpc) is 1.67. The van der Waals surface area contributed by atoms with Gasteiger partial charge in [0.1, 0.15) is 5.60 Å². The van der Waals surface area contributed by atoms with Crippen molar-refractivity contribution >= 4 is 5.97 Å². The molecule has 0 radical (unpaired) electrons. The molecular weight excluding hydrogens is 108 g/mol. The van der Waals surface area contributed by atoms with Gasteiger partial charge >= 0.3 is 0 Å². The van der Waals surface area contributed by atoms with Crippen LogP contribution in [0.4, 0.5) is 0 Å². The van der Waals surface area contributed by atoms with Gasteiger partial charge in [0.15, 0.2) is 0 Å². The zero-order valence-corrected chi connectivity index (χ0v) is 4.97. The molecule has 0 aromatic rings. The molecule has 0 rings (SSSR count). The number of aliphatic carboxylic acids is 1. The lowest BCUT2D eigenvalue weighted by molar-refractivity contribution is -0.323. The van der Waals surface area contributed by atoms with Gasteiger partial charge in [-0.25, -0.2) is 0 Å². The molecule has 0 amide bonds. The van der Waals surface area contributed by atoms with E-state index < -0.39 is 11.6 Å². The van der Waals surface area contributed by atoms with Gasteiger partial charge in [0.2, 0.25) is 0 Å². The van der Waals surface area contributed by atoms with E-state index in [2.05, 4.69) is 0 Å². The predicted octanol–water partition coefficient (Wildman–Crippen LogP) is -1.10. The molecule has 0 aliphatic rings. The van der Waals surface area contributed by atoms with E-state index in [0.29, 0.717) is 0 Å². The fourth-order valence-electron chi connectivity index (χ4n) is 0.144. The Morgan fingerprint density at radius 1 is 1.88 bits per heavy atom. The highest BCUT2D eigenvalue weighted by Gasteiger charge is 2.17. The predicted molar refractivity (Wildman–Crippen MR) is 25.9 cm³/mol. The molecule has 1 atom stereocenters. The first-order valence-corrected chi connectivity index (χ1v) is 2.44. The van der Waals surface area contributed by atoms with E-state index in [1.165, 1.54) is 6.92 Å².